The van der Waals surface area contributed by atoms with Gasteiger partial charge in [-0.2, -0.15) is 0 Å². The summed E-state index contributed by atoms with van der Waals surface area (Å²) < 4.78 is 28.4. The van der Waals surface area contributed by atoms with Crippen molar-refractivity contribution in [1.29, 1.82) is 0 Å². The number of halogens is 3. The maximum atomic E-state index is 13.8. The highest BCUT2D eigenvalue weighted by atomic mass is 35.5. The first kappa shape index (κ1) is 29.8. The van der Waals surface area contributed by atoms with E-state index in [1.165, 1.54) is 29.2 Å². The second-order valence-corrected chi connectivity index (χ2v) is 12.0. The molecule has 0 aromatic heterocycles. The van der Waals surface area contributed by atoms with Crippen molar-refractivity contribution in [1.82, 2.24) is 10.2 Å². The SMILES string of the molecule is CC(C)NC(=O)[C@@H](C)N(Cc1ccc(Cl)c(Cl)c1)C(=O)CN(c1ccccc1)S(=O)(=O)c1ccc(Cl)cc1. The van der Waals surface area contributed by atoms with E-state index in [4.69, 9.17) is 34.8 Å². The summed E-state index contributed by atoms with van der Waals surface area (Å²) in [5.41, 5.74) is 0.924. The summed E-state index contributed by atoms with van der Waals surface area (Å²) >= 11 is 18.2. The van der Waals surface area contributed by atoms with Gasteiger partial charge in [0.2, 0.25) is 11.8 Å². The Morgan fingerprint density at radius 1 is 0.868 bits per heavy atom. The molecule has 202 valence electrons. The fraction of sp³-hybridized carbons (Fsp3) is 0.259. The average molecular weight is 597 g/mol. The molecule has 11 heteroatoms. The molecule has 0 spiro atoms. The third kappa shape index (κ3) is 7.41. The fourth-order valence-electron chi connectivity index (χ4n) is 3.68. The number of carbonyl (C=O) groups is 2. The molecule has 2 amide bonds. The van der Waals surface area contributed by atoms with Crippen molar-refractivity contribution < 1.29 is 18.0 Å². The maximum Gasteiger partial charge on any atom is 0.264 e. The summed E-state index contributed by atoms with van der Waals surface area (Å²) in [7, 11) is -4.16. The van der Waals surface area contributed by atoms with Crippen molar-refractivity contribution in [2.24, 2.45) is 0 Å². The van der Waals surface area contributed by atoms with Crippen LogP contribution >= 0.6 is 34.8 Å². The third-order valence-corrected chi connectivity index (χ3v) is 8.44. The molecule has 3 aromatic rings. The van der Waals surface area contributed by atoms with Gasteiger partial charge in [0.1, 0.15) is 12.6 Å². The fourth-order valence-corrected chi connectivity index (χ4v) is 5.54. The Hall–Kier alpha value is -2.78. The monoisotopic (exact) mass is 595 g/mol. The molecule has 0 aliphatic carbocycles. The molecule has 0 saturated carbocycles. The van der Waals surface area contributed by atoms with Gasteiger partial charge in [0, 0.05) is 17.6 Å². The van der Waals surface area contributed by atoms with E-state index < -0.39 is 28.5 Å². The summed E-state index contributed by atoms with van der Waals surface area (Å²) in [4.78, 5) is 28.0. The van der Waals surface area contributed by atoms with E-state index in [2.05, 4.69) is 5.32 Å². The molecule has 1 atom stereocenters. The highest BCUT2D eigenvalue weighted by Crippen LogP contribution is 2.26. The Balaban J connectivity index is 2.01. The number of hydrogen-bond acceptors (Lipinski definition) is 4. The van der Waals surface area contributed by atoms with Gasteiger partial charge in [0.15, 0.2) is 0 Å². The van der Waals surface area contributed by atoms with Crippen molar-refractivity contribution in [2.75, 3.05) is 10.8 Å². The first-order valence-corrected chi connectivity index (χ1v) is 14.3. The van der Waals surface area contributed by atoms with Gasteiger partial charge in [-0.15, -0.1) is 0 Å². The van der Waals surface area contributed by atoms with Crippen molar-refractivity contribution in [3.63, 3.8) is 0 Å². The lowest BCUT2D eigenvalue weighted by atomic mass is 10.1. The van der Waals surface area contributed by atoms with E-state index in [-0.39, 0.29) is 23.4 Å². The molecular weight excluding hydrogens is 569 g/mol. The van der Waals surface area contributed by atoms with Gasteiger partial charge in [-0.1, -0.05) is 59.1 Å². The van der Waals surface area contributed by atoms with E-state index in [1.807, 2.05) is 13.8 Å². The van der Waals surface area contributed by atoms with Gasteiger partial charge in [-0.25, -0.2) is 8.42 Å². The first-order chi connectivity index (χ1) is 17.9. The lowest BCUT2D eigenvalue weighted by Gasteiger charge is -2.32. The van der Waals surface area contributed by atoms with E-state index >= 15 is 0 Å². The van der Waals surface area contributed by atoms with Crippen LogP contribution in [0.25, 0.3) is 0 Å². The number of hydrogen-bond donors (Lipinski definition) is 1. The quantitative estimate of drug-likeness (QED) is 0.321. The molecule has 0 unspecified atom stereocenters. The molecular formula is C27H28Cl3N3O4S. The van der Waals surface area contributed by atoms with Crippen LogP contribution < -0.4 is 9.62 Å². The van der Waals surface area contributed by atoms with Gasteiger partial charge in [-0.3, -0.25) is 13.9 Å². The second kappa shape index (κ2) is 12.8. The van der Waals surface area contributed by atoms with Gasteiger partial charge in [-0.05, 0) is 74.9 Å². The summed E-state index contributed by atoms with van der Waals surface area (Å²) in [6.45, 7) is 4.67. The summed E-state index contributed by atoms with van der Waals surface area (Å²) in [5.74, 6) is -0.955. The number of sulfonamides is 1. The zero-order valence-electron chi connectivity index (χ0n) is 21.1. The minimum atomic E-state index is -4.16. The van der Waals surface area contributed by atoms with Crippen LogP contribution in [0.1, 0.15) is 26.3 Å². The predicted molar refractivity (Wildman–Crippen MR) is 152 cm³/mol. The van der Waals surface area contributed by atoms with Crippen molar-refractivity contribution >= 4 is 62.3 Å². The maximum absolute atomic E-state index is 13.8. The Kier molecular flexibility index (Phi) is 10.1. The number of para-hydroxylation sites is 1. The molecule has 3 rings (SSSR count). The number of nitrogens with zero attached hydrogens (tertiary/aromatic N) is 2. The third-order valence-electron chi connectivity index (χ3n) is 5.66. The average Bonchev–Trinajstić information content (AvgIpc) is 2.87. The van der Waals surface area contributed by atoms with Crippen LogP contribution in [0.3, 0.4) is 0 Å². The lowest BCUT2D eigenvalue weighted by Crippen LogP contribution is -2.52. The van der Waals surface area contributed by atoms with Gasteiger partial charge < -0.3 is 10.2 Å². The molecule has 0 saturated heterocycles. The molecule has 1 N–H and O–H groups in total. The molecule has 0 aliphatic rings. The lowest BCUT2D eigenvalue weighted by molar-refractivity contribution is -0.139. The van der Waals surface area contributed by atoms with Crippen LogP contribution in [-0.4, -0.2) is 43.8 Å². The van der Waals surface area contributed by atoms with E-state index in [1.54, 1.807) is 55.5 Å². The molecule has 0 fully saturated rings. The van der Waals surface area contributed by atoms with Crippen molar-refractivity contribution in [3.05, 3.63) is 93.4 Å². The van der Waals surface area contributed by atoms with Crippen LogP contribution in [0, 0.1) is 0 Å². The molecule has 0 heterocycles. The van der Waals surface area contributed by atoms with Crippen molar-refractivity contribution in [3.8, 4) is 0 Å². The molecule has 0 bridgehead atoms. The summed E-state index contributed by atoms with van der Waals surface area (Å²) in [5, 5.41) is 3.83. The normalized spacial score (nSPS) is 12.2. The number of nitrogens with one attached hydrogen (secondary N) is 1. The number of carbonyl (C=O) groups excluding carboxylic acids is 2. The van der Waals surface area contributed by atoms with Crippen LogP contribution in [0.2, 0.25) is 15.1 Å². The van der Waals surface area contributed by atoms with Crippen molar-refractivity contribution in [2.45, 2.75) is 44.3 Å². The smallest absolute Gasteiger partial charge is 0.264 e. The largest absolute Gasteiger partial charge is 0.352 e. The van der Waals surface area contributed by atoms with E-state index in [0.717, 1.165) is 4.31 Å². The van der Waals surface area contributed by atoms with Crippen LogP contribution in [-0.2, 0) is 26.2 Å². The summed E-state index contributed by atoms with van der Waals surface area (Å²) in [6.07, 6.45) is 0. The molecule has 0 radical (unpaired) electrons. The minimum absolute atomic E-state index is 0.00598. The Morgan fingerprint density at radius 2 is 1.50 bits per heavy atom. The van der Waals surface area contributed by atoms with E-state index in [9.17, 15) is 18.0 Å². The highest BCUT2D eigenvalue weighted by molar-refractivity contribution is 7.92. The molecule has 3 aromatic carbocycles. The Bertz CT molecular complexity index is 1380. The van der Waals surface area contributed by atoms with Crippen LogP contribution in [0.4, 0.5) is 5.69 Å². The standard InChI is InChI=1S/C27H28Cl3N3O4S/c1-18(2)31-27(35)19(3)32(16-20-9-14-24(29)25(30)15-20)26(34)17-33(22-7-5-4-6-8-22)38(36,37)23-12-10-21(28)11-13-23/h4-15,18-19H,16-17H2,1-3H3,(H,31,35)/t19-/m1/s1. The first-order valence-electron chi connectivity index (χ1n) is 11.8. The van der Waals surface area contributed by atoms with Gasteiger partial charge in [0.05, 0.1) is 20.6 Å². The molecule has 7 nitrogen and oxygen atoms in total. The number of rotatable bonds is 10. The zero-order valence-corrected chi connectivity index (χ0v) is 24.2. The highest BCUT2D eigenvalue weighted by Gasteiger charge is 2.32. The van der Waals surface area contributed by atoms with Gasteiger partial charge in [0.25, 0.3) is 10.0 Å². The second-order valence-electron chi connectivity index (χ2n) is 8.91. The Labute approximate surface area is 238 Å². The minimum Gasteiger partial charge on any atom is -0.352 e. The summed E-state index contributed by atoms with van der Waals surface area (Å²) in [6, 6.07) is 17.8. The van der Waals surface area contributed by atoms with Crippen LogP contribution in [0.15, 0.2) is 77.7 Å². The number of anilines is 1. The number of amides is 2. The number of benzene rings is 3. The Morgan fingerprint density at radius 3 is 2.08 bits per heavy atom. The molecule has 0 aliphatic heterocycles. The topological polar surface area (TPSA) is 86.8 Å². The van der Waals surface area contributed by atoms with Crippen LogP contribution in [0.5, 0.6) is 0 Å². The predicted octanol–water partition coefficient (Wildman–Crippen LogP) is 5.78. The zero-order chi connectivity index (χ0) is 28.0. The molecule has 38 heavy (non-hydrogen) atoms. The van der Waals surface area contributed by atoms with Gasteiger partial charge >= 0.3 is 0 Å². The van der Waals surface area contributed by atoms with E-state index in [0.29, 0.717) is 26.3 Å².